The summed E-state index contributed by atoms with van der Waals surface area (Å²) in [5.41, 5.74) is 3.30. The number of amides is 4. The van der Waals surface area contributed by atoms with Crippen LogP contribution in [-0.2, 0) is 19.2 Å². The van der Waals surface area contributed by atoms with Crippen molar-refractivity contribution in [2.45, 2.75) is 69.1 Å². The monoisotopic (exact) mass is 535 g/mol. The Hall–Kier alpha value is -3.76. The van der Waals surface area contributed by atoms with Crippen molar-refractivity contribution in [2.75, 3.05) is 13.1 Å². The summed E-state index contributed by atoms with van der Waals surface area (Å²) in [5, 5.41) is 17.4. The average Bonchev–Trinajstić information content (AvgIpc) is 3.46. The molecule has 39 heavy (non-hydrogen) atoms. The molecule has 4 atom stereocenters. The molecule has 10 nitrogen and oxygen atoms in total. The van der Waals surface area contributed by atoms with Crippen LogP contribution in [0.15, 0.2) is 60.7 Å². The topological polar surface area (TPSA) is 140 Å². The maximum atomic E-state index is 13.8. The van der Waals surface area contributed by atoms with Crippen LogP contribution in [0, 0.1) is 0 Å². The van der Waals surface area contributed by atoms with Gasteiger partial charge in [0.15, 0.2) is 0 Å². The molecule has 208 valence electrons. The van der Waals surface area contributed by atoms with E-state index in [1.54, 1.807) is 48.5 Å². The molecule has 0 aromatic heterocycles. The normalized spacial score (nSPS) is 24.2. The molecule has 0 spiro atoms. The van der Waals surface area contributed by atoms with Gasteiger partial charge < -0.3 is 26.1 Å². The first kappa shape index (κ1) is 28.3. The maximum Gasteiger partial charge on any atom is 0.250 e. The molecule has 2 heterocycles. The van der Waals surface area contributed by atoms with Crippen LogP contribution < -0.4 is 21.4 Å². The van der Waals surface area contributed by atoms with Crippen molar-refractivity contribution < 1.29 is 24.4 Å². The Bertz CT molecular complexity index is 1130. The number of carbonyl (C=O) groups is 4. The predicted molar refractivity (Wildman–Crippen MR) is 144 cm³/mol. The molecule has 10 heteroatoms. The molecule has 0 aliphatic carbocycles. The van der Waals surface area contributed by atoms with E-state index in [1.807, 2.05) is 12.1 Å². The van der Waals surface area contributed by atoms with Crippen LogP contribution in [0.1, 0.15) is 68.2 Å². The number of hydrogen-bond acceptors (Lipinski definition) is 6. The molecule has 4 amide bonds. The van der Waals surface area contributed by atoms with Crippen LogP contribution in [0.3, 0.4) is 0 Å². The standard InChI is InChI=1S/C29H37N5O5/c35-26-22(16-9-1-2-10-18-30-39)31-27(36)23-17-11-19-34(23)29(38)25(21-14-7-4-8-15-21)33-28(37)24(32-26)20-12-5-3-6-13-20/h3-8,12-15,22-25,30,39H,1-2,9-11,16-19H2,(H,31,36)(H,32,35)(H,33,37)/t22-,23?,24?,25?/m0/s1. The van der Waals surface area contributed by atoms with E-state index in [9.17, 15) is 19.2 Å². The molecular weight excluding hydrogens is 498 g/mol. The lowest BCUT2D eigenvalue weighted by Gasteiger charge is -2.32. The lowest BCUT2D eigenvalue weighted by molar-refractivity contribution is -0.143. The zero-order valence-electron chi connectivity index (χ0n) is 22.0. The average molecular weight is 536 g/mol. The Morgan fingerprint density at radius 3 is 2.03 bits per heavy atom. The van der Waals surface area contributed by atoms with E-state index in [2.05, 4.69) is 21.4 Å². The van der Waals surface area contributed by atoms with E-state index in [4.69, 9.17) is 5.21 Å². The van der Waals surface area contributed by atoms with Gasteiger partial charge in [0.1, 0.15) is 24.2 Å². The first-order valence-electron chi connectivity index (χ1n) is 13.7. The maximum absolute atomic E-state index is 13.8. The van der Waals surface area contributed by atoms with E-state index in [-0.39, 0.29) is 11.8 Å². The molecule has 2 saturated heterocycles. The Kier molecular flexibility index (Phi) is 10.0. The summed E-state index contributed by atoms with van der Waals surface area (Å²) >= 11 is 0. The highest BCUT2D eigenvalue weighted by Crippen LogP contribution is 2.26. The molecule has 4 rings (SSSR count). The minimum absolute atomic E-state index is 0.347. The summed E-state index contributed by atoms with van der Waals surface area (Å²) in [4.78, 5) is 56.1. The molecule has 0 radical (unpaired) electrons. The van der Waals surface area contributed by atoms with Gasteiger partial charge in [0, 0.05) is 13.1 Å². The van der Waals surface area contributed by atoms with Gasteiger partial charge in [0.25, 0.3) is 0 Å². The summed E-state index contributed by atoms with van der Waals surface area (Å²) in [6.45, 7) is 0.887. The van der Waals surface area contributed by atoms with E-state index >= 15 is 0 Å². The van der Waals surface area contributed by atoms with Crippen molar-refractivity contribution >= 4 is 23.6 Å². The van der Waals surface area contributed by atoms with Crippen LogP contribution in [-0.4, -0.2) is 58.9 Å². The van der Waals surface area contributed by atoms with Gasteiger partial charge in [0.05, 0.1) is 0 Å². The Morgan fingerprint density at radius 1 is 0.744 bits per heavy atom. The molecule has 2 aromatic rings. The zero-order valence-corrected chi connectivity index (χ0v) is 22.0. The number of unbranched alkanes of at least 4 members (excludes halogenated alkanes) is 3. The smallest absolute Gasteiger partial charge is 0.250 e. The highest BCUT2D eigenvalue weighted by molar-refractivity contribution is 5.98. The summed E-state index contributed by atoms with van der Waals surface area (Å²) in [7, 11) is 0. The van der Waals surface area contributed by atoms with Gasteiger partial charge in [-0.1, -0.05) is 79.9 Å². The van der Waals surface area contributed by atoms with Crippen molar-refractivity contribution in [1.82, 2.24) is 26.3 Å². The van der Waals surface area contributed by atoms with E-state index < -0.39 is 36.0 Å². The molecule has 3 unspecified atom stereocenters. The molecule has 0 saturated carbocycles. The van der Waals surface area contributed by atoms with Gasteiger partial charge in [-0.3, -0.25) is 19.2 Å². The van der Waals surface area contributed by atoms with Gasteiger partial charge in [-0.25, -0.2) is 5.48 Å². The highest BCUT2D eigenvalue weighted by atomic mass is 16.5. The first-order valence-corrected chi connectivity index (χ1v) is 13.7. The molecule has 5 N–H and O–H groups in total. The second-order valence-corrected chi connectivity index (χ2v) is 10.1. The van der Waals surface area contributed by atoms with Crippen molar-refractivity contribution in [3.8, 4) is 0 Å². The zero-order chi connectivity index (χ0) is 27.6. The Labute approximate surface area is 228 Å². The Morgan fingerprint density at radius 2 is 1.36 bits per heavy atom. The fourth-order valence-electron chi connectivity index (χ4n) is 5.26. The van der Waals surface area contributed by atoms with Crippen molar-refractivity contribution in [3.05, 3.63) is 71.8 Å². The number of nitrogens with one attached hydrogen (secondary N) is 4. The molecule has 0 bridgehead atoms. The van der Waals surface area contributed by atoms with Gasteiger partial charge in [0.2, 0.25) is 23.6 Å². The predicted octanol–water partition coefficient (Wildman–Crippen LogP) is 2.12. The first-order chi connectivity index (χ1) is 19.0. The summed E-state index contributed by atoms with van der Waals surface area (Å²) in [6.07, 6.45) is 4.67. The van der Waals surface area contributed by atoms with Crippen molar-refractivity contribution in [3.63, 3.8) is 0 Å². The minimum atomic E-state index is -1.05. The summed E-state index contributed by atoms with van der Waals surface area (Å²) in [6, 6.07) is 14.2. The van der Waals surface area contributed by atoms with E-state index in [1.165, 1.54) is 4.90 Å². The van der Waals surface area contributed by atoms with Crippen LogP contribution in [0.4, 0.5) is 0 Å². The van der Waals surface area contributed by atoms with Crippen LogP contribution in [0.5, 0.6) is 0 Å². The number of hydroxylamine groups is 1. The number of rotatable bonds is 9. The minimum Gasteiger partial charge on any atom is -0.343 e. The molecule has 2 fully saturated rings. The van der Waals surface area contributed by atoms with Crippen LogP contribution in [0.2, 0.25) is 0 Å². The second kappa shape index (κ2) is 13.9. The highest BCUT2D eigenvalue weighted by Gasteiger charge is 2.41. The third-order valence-electron chi connectivity index (χ3n) is 7.35. The second-order valence-electron chi connectivity index (χ2n) is 10.1. The molecular formula is C29H37N5O5. The van der Waals surface area contributed by atoms with Gasteiger partial charge in [-0.05, 0) is 36.8 Å². The third-order valence-corrected chi connectivity index (χ3v) is 7.35. The van der Waals surface area contributed by atoms with Gasteiger partial charge >= 0.3 is 0 Å². The SMILES string of the molecule is O=C1NC(c2ccccc2)C(=O)N2CCCC2C(=O)N[C@@H](CCCCCCNO)C(=O)NC1c1ccccc1. The molecule has 2 aromatic carbocycles. The van der Waals surface area contributed by atoms with E-state index in [0.717, 1.165) is 19.3 Å². The lowest BCUT2D eigenvalue weighted by Crippen LogP contribution is -2.57. The fraction of sp³-hybridized carbons (Fsp3) is 0.448. The largest absolute Gasteiger partial charge is 0.343 e. The van der Waals surface area contributed by atoms with Crippen LogP contribution in [0.25, 0.3) is 0 Å². The number of fused-ring (bicyclic) bond motifs is 1. The number of nitrogens with zero attached hydrogens (tertiary/aromatic N) is 1. The third kappa shape index (κ3) is 7.21. The number of hydrogen-bond donors (Lipinski definition) is 5. The summed E-state index contributed by atoms with van der Waals surface area (Å²) < 4.78 is 0. The number of benzene rings is 2. The fourth-order valence-corrected chi connectivity index (χ4v) is 5.26. The van der Waals surface area contributed by atoms with Crippen LogP contribution >= 0.6 is 0 Å². The summed E-state index contributed by atoms with van der Waals surface area (Å²) in [5.74, 6) is -1.66. The van der Waals surface area contributed by atoms with Crippen molar-refractivity contribution in [2.24, 2.45) is 0 Å². The van der Waals surface area contributed by atoms with Crippen molar-refractivity contribution in [1.29, 1.82) is 0 Å². The number of carbonyl (C=O) groups excluding carboxylic acids is 4. The lowest BCUT2D eigenvalue weighted by atomic mass is 10.00. The van der Waals surface area contributed by atoms with Gasteiger partial charge in [-0.15, -0.1) is 0 Å². The van der Waals surface area contributed by atoms with Gasteiger partial charge in [-0.2, -0.15) is 0 Å². The molecule has 2 aliphatic rings. The Balaban J connectivity index is 1.64. The quantitative estimate of drug-likeness (QED) is 0.246. The van der Waals surface area contributed by atoms with E-state index in [0.29, 0.717) is 49.9 Å². The molecule has 2 aliphatic heterocycles.